The zero-order chi connectivity index (χ0) is 25.1. The van der Waals surface area contributed by atoms with Gasteiger partial charge in [-0.3, -0.25) is 9.59 Å². The molecule has 0 bridgehead atoms. The molecule has 7 nitrogen and oxygen atoms in total. The van der Waals surface area contributed by atoms with E-state index in [4.69, 9.17) is 4.42 Å². The lowest BCUT2D eigenvalue weighted by molar-refractivity contribution is -0.133. The first-order valence-electron chi connectivity index (χ1n) is 14.4. The van der Waals surface area contributed by atoms with E-state index in [2.05, 4.69) is 10.2 Å². The van der Waals surface area contributed by atoms with Gasteiger partial charge in [0.05, 0.1) is 12.1 Å². The van der Waals surface area contributed by atoms with E-state index in [0.29, 0.717) is 18.8 Å². The van der Waals surface area contributed by atoms with E-state index in [1.165, 1.54) is 44.9 Å². The van der Waals surface area contributed by atoms with Crippen LogP contribution in [0.15, 0.2) is 16.5 Å². The van der Waals surface area contributed by atoms with Crippen LogP contribution in [0.3, 0.4) is 0 Å². The van der Waals surface area contributed by atoms with Crippen molar-refractivity contribution in [3.63, 3.8) is 0 Å². The summed E-state index contributed by atoms with van der Waals surface area (Å²) in [7, 11) is 0. The Morgan fingerprint density at radius 1 is 1.00 bits per heavy atom. The number of aryl methyl sites for hydroxylation is 1. The molecule has 0 aromatic carbocycles. The van der Waals surface area contributed by atoms with E-state index >= 15 is 0 Å². The largest absolute Gasteiger partial charge is 0.460 e. The first-order valence-corrected chi connectivity index (χ1v) is 14.4. The first-order chi connectivity index (χ1) is 17.5. The monoisotopic (exact) mass is 496 g/mol. The molecule has 2 amide bonds. The zero-order valence-electron chi connectivity index (χ0n) is 22.3. The van der Waals surface area contributed by atoms with E-state index in [0.717, 1.165) is 68.6 Å². The van der Waals surface area contributed by atoms with Crippen molar-refractivity contribution in [1.29, 1.82) is 0 Å². The van der Waals surface area contributed by atoms with Crippen molar-refractivity contribution in [1.82, 2.24) is 19.7 Å². The number of carbonyl (C=O) groups is 2. The van der Waals surface area contributed by atoms with Gasteiger partial charge in [-0.15, -0.1) is 0 Å². The Morgan fingerprint density at radius 3 is 2.39 bits per heavy atom. The molecule has 3 aliphatic rings. The van der Waals surface area contributed by atoms with Crippen LogP contribution in [0.2, 0.25) is 0 Å². The van der Waals surface area contributed by atoms with Gasteiger partial charge in [0.25, 0.3) is 5.91 Å². The lowest BCUT2D eigenvalue weighted by Crippen LogP contribution is -2.65. The maximum atomic E-state index is 14.0. The van der Waals surface area contributed by atoms with Crippen LogP contribution < -0.4 is 5.32 Å². The van der Waals surface area contributed by atoms with E-state index in [9.17, 15) is 9.59 Å². The van der Waals surface area contributed by atoms with Crippen LogP contribution in [-0.4, -0.2) is 63.9 Å². The number of hydrogen-bond donors (Lipinski definition) is 1. The standard InChI is InChI=1S/C29H44N4O3/c1-22-19-24-26(36-22)20-25-27(34)33(18-12-17-31-15-10-6-7-11-16-31)29(2,21-32(24)25)28(35)30-23-13-8-4-3-5-9-14-23/h19-20,23H,3-18,21H2,1-2H3,(H,30,35). The van der Waals surface area contributed by atoms with Gasteiger partial charge in [-0.1, -0.05) is 44.9 Å². The van der Waals surface area contributed by atoms with Crippen molar-refractivity contribution in [3.8, 4) is 0 Å². The van der Waals surface area contributed by atoms with Gasteiger partial charge in [-0.25, -0.2) is 0 Å². The fourth-order valence-corrected chi connectivity index (χ4v) is 6.56. The van der Waals surface area contributed by atoms with Gasteiger partial charge in [0, 0.05) is 24.7 Å². The molecular weight excluding hydrogens is 452 g/mol. The molecule has 0 spiro atoms. The van der Waals surface area contributed by atoms with Gasteiger partial charge in [0.15, 0.2) is 5.58 Å². The molecule has 36 heavy (non-hydrogen) atoms. The van der Waals surface area contributed by atoms with E-state index in [-0.39, 0.29) is 17.9 Å². The number of rotatable bonds is 6. The van der Waals surface area contributed by atoms with Crippen LogP contribution in [0.25, 0.3) is 11.1 Å². The average Bonchev–Trinajstić information content (AvgIpc) is 3.22. The number of nitrogens with zero attached hydrogens (tertiary/aromatic N) is 3. The van der Waals surface area contributed by atoms with E-state index in [1.807, 2.05) is 35.4 Å². The summed E-state index contributed by atoms with van der Waals surface area (Å²) in [6.45, 7) is 8.21. The van der Waals surface area contributed by atoms with Crippen LogP contribution in [0, 0.1) is 6.92 Å². The molecule has 2 aliphatic heterocycles. The number of carbonyl (C=O) groups excluding carboxylic acids is 2. The smallest absolute Gasteiger partial charge is 0.271 e. The van der Waals surface area contributed by atoms with Crippen LogP contribution in [-0.2, 0) is 11.3 Å². The number of hydrogen-bond acceptors (Lipinski definition) is 4. The van der Waals surface area contributed by atoms with Gasteiger partial charge >= 0.3 is 0 Å². The van der Waals surface area contributed by atoms with Crippen LogP contribution in [0.4, 0.5) is 0 Å². The lowest BCUT2D eigenvalue weighted by Gasteiger charge is -2.45. The number of amides is 2. The molecular formula is C29H44N4O3. The third-order valence-corrected chi connectivity index (χ3v) is 8.72. The van der Waals surface area contributed by atoms with Crippen molar-refractivity contribution >= 4 is 22.9 Å². The maximum absolute atomic E-state index is 14.0. The second-order valence-electron chi connectivity index (χ2n) is 11.6. The molecule has 1 saturated carbocycles. The van der Waals surface area contributed by atoms with Crippen LogP contribution in [0.1, 0.15) is 100 Å². The van der Waals surface area contributed by atoms with Gasteiger partial charge < -0.3 is 24.1 Å². The van der Waals surface area contributed by atoms with E-state index < -0.39 is 5.54 Å². The molecule has 5 rings (SSSR count). The molecule has 4 heterocycles. The summed E-state index contributed by atoms with van der Waals surface area (Å²) < 4.78 is 7.86. The highest BCUT2D eigenvalue weighted by atomic mass is 16.3. The molecule has 0 radical (unpaired) electrons. The predicted octanol–water partition coefficient (Wildman–Crippen LogP) is 5.25. The molecule has 1 atom stereocenters. The fraction of sp³-hybridized carbons (Fsp3) is 0.724. The lowest BCUT2D eigenvalue weighted by atomic mass is 9.92. The predicted molar refractivity (Wildman–Crippen MR) is 142 cm³/mol. The van der Waals surface area contributed by atoms with Crippen molar-refractivity contribution in [2.75, 3.05) is 26.2 Å². The topological polar surface area (TPSA) is 70.7 Å². The molecule has 2 aromatic rings. The Hall–Kier alpha value is -2.28. The summed E-state index contributed by atoms with van der Waals surface area (Å²) in [5, 5.41) is 3.39. The zero-order valence-corrected chi connectivity index (χ0v) is 22.3. The van der Waals surface area contributed by atoms with Crippen molar-refractivity contribution in [3.05, 3.63) is 23.6 Å². The second kappa shape index (κ2) is 11.0. The molecule has 198 valence electrons. The quantitative estimate of drug-likeness (QED) is 0.593. The van der Waals surface area contributed by atoms with Crippen LogP contribution >= 0.6 is 0 Å². The van der Waals surface area contributed by atoms with Gasteiger partial charge in [-0.2, -0.15) is 0 Å². The average molecular weight is 497 g/mol. The third-order valence-electron chi connectivity index (χ3n) is 8.72. The maximum Gasteiger partial charge on any atom is 0.271 e. The number of likely N-dealkylation sites (tertiary alicyclic amines) is 1. The minimum atomic E-state index is -0.928. The van der Waals surface area contributed by atoms with Gasteiger partial charge in [-0.05, 0) is 65.6 Å². The normalized spacial score (nSPS) is 24.8. The fourth-order valence-electron chi connectivity index (χ4n) is 6.56. The van der Waals surface area contributed by atoms with Crippen molar-refractivity contribution in [2.45, 2.75) is 109 Å². The Morgan fingerprint density at radius 2 is 1.67 bits per heavy atom. The van der Waals surface area contributed by atoms with E-state index in [1.54, 1.807) is 0 Å². The minimum absolute atomic E-state index is 0.0103. The number of furan rings is 1. The summed E-state index contributed by atoms with van der Waals surface area (Å²) in [5.41, 5.74) is 1.34. The molecule has 2 fully saturated rings. The summed E-state index contributed by atoms with van der Waals surface area (Å²) in [6.07, 6.45) is 14.2. The Bertz CT molecular complexity index is 1060. The van der Waals surface area contributed by atoms with Crippen molar-refractivity contribution < 1.29 is 14.0 Å². The number of aromatic nitrogens is 1. The number of nitrogens with one attached hydrogen (secondary N) is 1. The minimum Gasteiger partial charge on any atom is -0.460 e. The highest BCUT2D eigenvalue weighted by Crippen LogP contribution is 2.34. The highest BCUT2D eigenvalue weighted by Gasteiger charge is 2.48. The van der Waals surface area contributed by atoms with Crippen LogP contribution in [0.5, 0.6) is 0 Å². The van der Waals surface area contributed by atoms with Crippen molar-refractivity contribution in [2.24, 2.45) is 0 Å². The highest BCUT2D eigenvalue weighted by molar-refractivity contribution is 6.03. The molecule has 1 unspecified atom stereocenters. The molecule has 7 heteroatoms. The summed E-state index contributed by atoms with van der Waals surface area (Å²) in [4.78, 5) is 32.3. The molecule has 1 aliphatic carbocycles. The molecule has 1 N–H and O–H groups in total. The molecule has 2 aromatic heterocycles. The molecule has 1 saturated heterocycles. The van der Waals surface area contributed by atoms with Gasteiger partial charge in [0.2, 0.25) is 5.91 Å². The Kier molecular flexibility index (Phi) is 7.75. The number of fused-ring (bicyclic) bond motifs is 3. The Labute approximate surface area is 215 Å². The third kappa shape index (κ3) is 5.22. The van der Waals surface area contributed by atoms with Gasteiger partial charge in [0.1, 0.15) is 17.0 Å². The summed E-state index contributed by atoms with van der Waals surface area (Å²) in [6, 6.07) is 4.04. The summed E-state index contributed by atoms with van der Waals surface area (Å²) >= 11 is 0. The summed E-state index contributed by atoms with van der Waals surface area (Å²) in [5.74, 6) is 0.753. The SMILES string of the molecule is Cc1cc2c(cc3n2CC(C)(C(=O)NC2CCCCCCC2)N(CCCN2CCCCCC2)C3=O)o1. The Balaban J connectivity index is 1.37. The first kappa shape index (κ1) is 25.4. The second-order valence-corrected chi connectivity index (χ2v) is 11.6.